The van der Waals surface area contributed by atoms with E-state index >= 15 is 0 Å². The van der Waals surface area contributed by atoms with Gasteiger partial charge < -0.3 is 15.7 Å². The van der Waals surface area contributed by atoms with Crippen molar-refractivity contribution >= 4 is 33.5 Å². The monoisotopic (exact) mass is 341 g/mol. The van der Waals surface area contributed by atoms with Gasteiger partial charge in [0.05, 0.1) is 6.54 Å². The maximum atomic E-state index is 12.3. The van der Waals surface area contributed by atoms with Gasteiger partial charge in [-0.15, -0.1) is 0 Å². The first-order valence-corrected chi connectivity index (χ1v) is 7.05. The summed E-state index contributed by atoms with van der Waals surface area (Å²) in [5, 5.41) is 8.74. The van der Waals surface area contributed by atoms with Crippen LogP contribution in [0.5, 0.6) is 0 Å². The number of benzene rings is 1. The normalized spacial score (nSPS) is 16.1. The number of halogens is 1. The van der Waals surface area contributed by atoms with Crippen LogP contribution in [-0.4, -0.2) is 59.5 Å². The molecule has 1 saturated heterocycles. The number of nitrogen functional groups attached to an aromatic ring is 1. The number of hydrogen-bond acceptors (Lipinski definition) is 4. The van der Waals surface area contributed by atoms with Crippen molar-refractivity contribution in [1.29, 1.82) is 0 Å². The van der Waals surface area contributed by atoms with Crippen LogP contribution in [0.1, 0.15) is 10.4 Å². The second-order valence-electron chi connectivity index (χ2n) is 4.70. The first-order chi connectivity index (χ1) is 9.47. The Morgan fingerprint density at radius 1 is 1.25 bits per heavy atom. The number of hydrogen-bond donors (Lipinski definition) is 2. The summed E-state index contributed by atoms with van der Waals surface area (Å²) in [6.07, 6.45) is 0. The second-order valence-corrected chi connectivity index (χ2v) is 5.55. The smallest absolute Gasteiger partial charge is 0.317 e. The number of carbonyl (C=O) groups excluding carboxylic acids is 1. The van der Waals surface area contributed by atoms with Gasteiger partial charge in [-0.25, -0.2) is 0 Å². The standard InChI is InChI=1S/C13H16BrN3O3/c14-10-7-9(1-2-11(10)15)13(20)17-5-3-16(4-6-17)8-12(18)19/h1-2,7H,3-6,8,15H2,(H,18,19). The van der Waals surface area contributed by atoms with Crippen molar-refractivity contribution in [2.75, 3.05) is 38.5 Å². The van der Waals surface area contributed by atoms with E-state index in [1.807, 2.05) is 4.90 Å². The molecule has 6 nitrogen and oxygen atoms in total. The van der Waals surface area contributed by atoms with Gasteiger partial charge in [-0.3, -0.25) is 14.5 Å². The Morgan fingerprint density at radius 3 is 2.45 bits per heavy atom. The van der Waals surface area contributed by atoms with Crippen LogP contribution >= 0.6 is 15.9 Å². The lowest BCUT2D eigenvalue weighted by molar-refractivity contribution is -0.138. The van der Waals surface area contributed by atoms with Gasteiger partial charge in [0.25, 0.3) is 5.91 Å². The number of amides is 1. The fourth-order valence-corrected chi connectivity index (χ4v) is 2.52. The summed E-state index contributed by atoms with van der Waals surface area (Å²) in [7, 11) is 0. The van der Waals surface area contributed by atoms with E-state index in [2.05, 4.69) is 15.9 Å². The summed E-state index contributed by atoms with van der Waals surface area (Å²) in [5.41, 5.74) is 6.87. The van der Waals surface area contributed by atoms with Crippen molar-refractivity contribution in [3.05, 3.63) is 28.2 Å². The zero-order valence-corrected chi connectivity index (χ0v) is 12.5. The fourth-order valence-electron chi connectivity index (χ4n) is 2.14. The third-order valence-corrected chi connectivity index (χ3v) is 3.95. The highest BCUT2D eigenvalue weighted by atomic mass is 79.9. The third-order valence-electron chi connectivity index (χ3n) is 3.27. The largest absolute Gasteiger partial charge is 0.480 e. The third kappa shape index (κ3) is 3.49. The number of piperazine rings is 1. The molecule has 1 aromatic carbocycles. The highest BCUT2D eigenvalue weighted by Gasteiger charge is 2.23. The molecule has 1 aromatic rings. The summed E-state index contributed by atoms with van der Waals surface area (Å²) in [4.78, 5) is 26.5. The molecule has 7 heteroatoms. The van der Waals surface area contributed by atoms with E-state index < -0.39 is 5.97 Å². The molecule has 0 radical (unpaired) electrons. The zero-order valence-electron chi connectivity index (χ0n) is 10.9. The molecule has 108 valence electrons. The predicted octanol–water partition coefficient (Wildman–Crippen LogP) is 0.874. The molecule has 0 bridgehead atoms. The number of rotatable bonds is 3. The fraction of sp³-hybridized carbons (Fsp3) is 0.385. The summed E-state index contributed by atoms with van der Waals surface area (Å²) >= 11 is 3.31. The number of aliphatic carboxylic acids is 1. The molecule has 0 aliphatic carbocycles. The lowest BCUT2D eigenvalue weighted by Crippen LogP contribution is -2.49. The van der Waals surface area contributed by atoms with Crippen molar-refractivity contribution in [2.24, 2.45) is 0 Å². The van der Waals surface area contributed by atoms with Crippen LogP contribution in [-0.2, 0) is 4.79 Å². The first kappa shape index (κ1) is 14.8. The molecule has 0 spiro atoms. The average molecular weight is 342 g/mol. The molecule has 0 atom stereocenters. The Kier molecular flexibility index (Phi) is 4.61. The quantitative estimate of drug-likeness (QED) is 0.796. The summed E-state index contributed by atoms with van der Waals surface area (Å²) in [6, 6.07) is 5.10. The van der Waals surface area contributed by atoms with E-state index in [1.165, 1.54) is 0 Å². The number of carbonyl (C=O) groups is 2. The Labute approximate surface area is 125 Å². The second kappa shape index (κ2) is 6.23. The molecule has 1 heterocycles. The zero-order chi connectivity index (χ0) is 14.7. The molecular weight excluding hydrogens is 326 g/mol. The molecule has 1 fully saturated rings. The lowest BCUT2D eigenvalue weighted by atomic mass is 10.1. The minimum Gasteiger partial charge on any atom is -0.480 e. The van der Waals surface area contributed by atoms with Crippen LogP contribution in [0.25, 0.3) is 0 Å². The van der Waals surface area contributed by atoms with Crippen molar-refractivity contribution in [3.63, 3.8) is 0 Å². The van der Waals surface area contributed by atoms with Crippen LogP contribution in [0.4, 0.5) is 5.69 Å². The molecule has 1 aliphatic rings. The lowest BCUT2D eigenvalue weighted by Gasteiger charge is -2.33. The Bertz CT molecular complexity index is 528. The van der Waals surface area contributed by atoms with Crippen LogP contribution in [0.3, 0.4) is 0 Å². The summed E-state index contributed by atoms with van der Waals surface area (Å²) < 4.78 is 0.702. The Hall–Kier alpha value is -1.60. The van der Waals surface area contributed by atoms with Gasteiger partial charge in [0, 0.05) is 41.9 Å². The molecular formula is C13H16BrN3O3. The van der Waals surface area contributed by atoms with Crippen LogP contribution in [0.2, 0.25) is 0 Å². The molecule has 0 unspecified atom stereocenters. The number of anilines is 1. The maximum absolute atomic E-state index is 12.3. The van der Waals surface area contributed by atoms with E-state index in [0.717, 1.165) is 0 Å². The van der Waals surface area contributed by atoms with Crippen LogP contribution < -0.4 is 5.73 Å². The molecule has 1 amide bonds. The topological polar surface area (TPSA) is 86.9 Å². The summed E-state index contributed by atoms with van der Waals surface area (Å²) in [6.45, 7) is 2.25. The van der Waals surface area contributed by atoms with Crippen molar-refractivity contribution in [2.45, 2.75) is 0 Å². The molecule has 2 rings (SSSR count). The minimum atomic E-state index is -0.841. The van der Waals surface area contributed by atoms with E-state index in [-0.39, 0.29) is 12.5 Å². The predicted molar refractivity (Wildman–Crippen MR) is 78.5 cm³/mol. The van der Waals surface area contributed by atoms with E-state index in [0.29, 0.717) is 41.9 Å². The molecule has 1 aliphatic heterocycles. The van der Waals surface area contributed by atoms with Gasteiger partial charge >= 0.3 is 5.97 Å². The van der Waals surface area contributed by atoms with Crippen molar-refractivity contribution < 1.29 is 14.7 Å². The maximum Gasteiger partial charge on any atom is 0.317 e. The van der Waals surface area contributed by atoms with Crippen molar-refractivity contribution in [3.8, 4) is 0 Å². The van der Waals surface area contributed by atoms with E-state index in [4.69, 9.17) is 10.8 Å². The molecule has 0 aromatic heterocycles. The number of carboxylic acids is 1. The van der Waals surface area contributed by atoms with Gasteiger partial charge in [-0.2, -0.15) is 0 Å². The molecule has 0 saturated carbocycles. The SMILES string of the molecule is Nc1ccc(C(=O)N2CCN(CC(=O)O)CC2)cc1Br. The van der Waals surface area contributed by atoms with E-state index in [1.54, 1.807) is 23.1 Å². The number of nitrogens with two attached hydrogens (primary N) is 1. The number of nitrogens with zero attached hydrogens (tertiary/aromatic N) is 2. The van der Waals surface area contributed by atoms with Gasteiger partial charge in [0.1, 0.15) is 0 Å². The highest BCUT2D eigenvalue weighted by Crippen LogP contribution is 2.21. The molecule has 3 N–H and O–H groups in total. The van der Waals surface area contributed by atoms with Crippen molar-refractivity contribution in [1.82, 2.24) is 9.80 Å². The van der Waals surface area contributed by atoms with Gasteiger partial charge in [-0.1, -0.05) is 0 Å². The van der Waals surface area contributed by atoms with Gasteiger partial charge in [0.15, 0.2) is 0 Å². The average Bonchev–Trinajstić information content (AvgIpc) is 2.41. The van der Waals surface area contributed by atoms with Crippen LogP contribution in [0.15, 0.2) is 22.7 Å². The molecule has 20 heavy (non-hydrogen) atoms. The van der Waals surface area contributed by atoms with E-state index in [9.17, 15) is 9.59 Å². The first-order valence-electron chi connectivity index (χ1n) is 6.26. The van der Waals surface area contributed by atoms with Crippen LogP contribution in [0, 0.1) is 0 Å². The van der Waals surface area contributed by atoms with Gasteiger partial charge in [0.2, 0.25) is 0 Å². The number of carboxylic acid groups (broad SMARTS) is 1. The Balaban J connectivity index is 1.97. The van der Waals surface area contributed by atoms with Gasteiger partial charge in [-0.05, 0) is 34.1 Å². The minimum absolute atomic E-state index is 0.0233. The highest BCUT2D eigenvalue weighted by molar-refractivity contribution is 9.10. The summed E-state index contributed by atoms with van der Waals surface area (Å²) in [5.74, 6) is -0.895. The Morgan fingerprint density at radius 2 is 1.90 bits per heavy atom.